The molecule has 0 bridgehead atoms. The predicted molar refractivity (Wildman–Crippen MR) is 218 cm³/mol. The first-order chi connectivity index (χ1) is 28.4. The Balaban J connectivity index is 0.882. The SMILES string of the molecule is COc1cc(CNC[C@H](O)c2ccc(O)c3[nH]c(=O)ccc23)ccc1C(=O)N1CCC2(CCN(C(=O)COc3cccc([C@](O)(C(=O)O)c4ccccc4)c3)CC2)CC1. The summed E-state index contributed by atoms with van der Waals surface area (Å²) in [6, 6.07) is 25.7. The van der Waals surface area contributed by atoms with Gasteiger partial charge in [-0.1, -0.05) is 54.6 Å². The van der Waals surface area contributed by atoms with Gasteiger partial charge >= 0.3 is 5.97 Å². The third kappa shape index (κ3) is 8.65. The summed E-state index contributed by atoms with van der Waals surface area (Å²) in [7, 11) is 1.53. The topological polar surface area (TPSA) is 202 Å². The van der Waals surface area contributed by atoms with Crippen molar-refractivity contribution in [2.45, 2.75) is 43.9 Å². The van der Waals surface area contributed by atoms with E-state index in [1.807, 2.05) is 17.0 Å². The first-order valence-electron chi connectivity index (χ1n) is 19.6. The van der Waals surface area contributed by atoms with Crippen molar-refractivity contribution in [1.29, 1.82) is 0 Å². The number of ether oxygens (including phenoxy) is 2. The van der Waals surface area contributed by atoms with Crippen LogP contribution in [0.15, 0.2) is 102 Å². The number of piperidine rings is 2. The largest absolute Gasteiger partial charge is 0.506 e. The van der Waals surface area contributed by atoms with Gasteiger partial charge in [-0.15, -0.1) is 0 Å². The number of aliphatic hydroxyl groups excluding tert-OH is 1. The quantitative estimate of drug-likeness (QED) is 0.0991. The summed E-state index contributed by atoms with van der Waals surface area (Å²) in [5.41, 5.74) is -0.135. The van der Waals surface area contributed by atoms with Crippen molar-refractivity contribution in [3.63, 3.8) is 0 Å². The van der Waals surface area contributed by atoms with Crippen molar-refractivity contribution in [3.8, 4) is 17.2 Å². The number of H-pyrrole nitrogens is 1. The zero-order chi connectivity index (χ0) is 41.7. The van der Waals surface area contributed by atoms with Crippen LogP contribution in [0, 0.1) is 5.41 Å². The Morgan fingerprint density at radius 2 is 1.56 bits per heavy atom. The lowest BCUT2D eigenvalue weighted by atomic mass is 9.71. The lowest BCUT2D eigenvalue weighted by Crippen LogP contribution is -2.50. The standard InChI is InChI=1S/C45H48N4O10/c1-58-38-24-29(26-46-27-37(51)33-12-14-36(50)41-34(33)13-15-39(52)47-41)10-11-35(38)42(54)49-22-18-44(19-23-49)16-20-48(21-17-44)40(53)28-59-32-9-5-8-31(25-32)45(57,43(55)56)30-6-3-2-4-7-30/h2-15,24-25,37,46,50-51,57H,16-23,26-28H2,1H3,(H,47,52)(H,55,56)/t37-,45-/m0/s1. The van der Waals surface area contributed by atoms with E-state index in [2.05, 4.69) is 10.3 Å². The first kappa shape index (κ1) is 41.0. The van der Waals surface area contributed by atoms with Crippen LogP contribution in [0.4, 0.5) is 0 Å². The molecule has 0 radical (unpaired) electrons. The molecule has 2 aliphatic rings. The van der Waals surface area contributed by atoms with Crippen molar-refractivity contribution in [3.05, 3.63) is 135 Å². The van der Waals surface area contributed by atoms with Crippen molar-refractivity contribution in [2.75, 3.05) is 46.4 Å². The first-order valence-corrected chi connectivity index (χ1v) is 19.6. The molecule has 2 fully saturated rings. The fourth-order valence-corrected chi connectivity index (χ4v) is 8.26. The number of phenols is 1. The predicted octanol–water partition coefficient (Wildman–Crippen LogP) is 4.31. The molecule has 6 N–H and O–H groups in total. The van der Waals surface area contributed by atoms with Crippen LogP contribution in [0.5, 0.6) is 17.2 Å². The van der Waals surface area contributed by atoms with Crippen molar-refractivity contribution in [1.82, 2.24) is 20.1 Å². The number of benzene rings is 4. The number of aromatic nitrogens is 1. The summed E-state index contributed by atoms with van der Waals surface area (Å²) < 4.78 is 11.4. The minimum Gasteiger partial charge on any atom is -0.506 e. The summed E-state index contributed by atoms with van der Waals surface area (Å²) in [4.78, 5) is 57.1. The van der Waals surface area contributed by atoms with Gasteiger partial charge < -0.3 is 50.0 Å². The number of likely N-dealkylation sites (tertiary alicyclic amines) is 2. The Hall–Kier alpha value is -6.22. The molecule has 0 aliphatic carbocycles. The Morgan fingerprint density at radius 1 is 0.864 bits per heavy atom. The fraction of sp³-hybridized carbons (Fsp3) is 0.333. The van der Waals surface area contributed by atoms with Crippen LogP contribution in [-0.2, 0) is 21.7 Å². The van der Waals surface area contributed by atoms with Gasteiger partial charge in [0.25, 0.3) is 11.8 Å². The second kappa shape index (κ2) is 17.3. The molecule has 59 heavy (non-hydrogen) atoms. The van der Waals surface area contributed by atoms with Crippen molar-refractivity contribution in [2.24, 2.45) is 5.41 Å². The van der Waals surface area contributed by atoms with E-state index in [1.54, 1.807) is 65.6 Å². The number of carboxylic acids is 1. The number of aliphatic hydroxyl groups is 2. The number of hydrogen-bond acceptors (Lipinski definition) is 10. The molecular formula is C45H48N4O10. The number of hydrogen-bond donors (Lipinski definition) is 6. The molecule has 4 aromatic carbocycles. The molecule has 7 rings (SSSR count). The van der Waals surface area contributed by atoms with Crippen LogP contribution >= 0.6 is 0 Å². The second-order valence-electron chi connectivity index (χ2n) is 15.3. The molecule has 2 aliphatic heterocycles. The number of rotatable bonds is 13. The number of carboxylic acid groups (broad SMARTS) is 1. The molecule has 2 amide bonds. The number of carbonyl (C=O) groups excluding carboxylic acids is 2. The minimum absolute atomic E-state index is 0.0231. The number of phenolic OH excluding ortho intramolecular Hbond substituents is 1. The number of aromatic amines is 1. The molecule has 2 atom stereocenters. The summed E-state index contributed by atoms with van der Waals surface area (Å²) >= 11 is 0. The van der Waals surface area contributed by atoms with Crippen molar-refractivity contribution >= 4 is 28.7 Å². The fourth-order valence-electron chi connectivity index (χ4n) is 8.26. The molecule has 0 unspecified atom stereocenters. The van der Waals surface area contributed by atoms with Gasteiger partial charge in [0, 0.05) is 56.3 Å². The van der Waals surface area contributed by atoms with Crippen LogP contribution in [-0.4, -0.2) is 99.4 Å². The van der Waals surface area contributed by atoms with Gasteiger partial charge in [-0.25, -0.2) is 4.79 Å². The van der Waals surface area contributed by atoms with E-state index in [9.17, 15) is 39.6 Å². The summed E-state index contributed by atoms with van der Waals surface area (Å²) in [6.45, 7) is 2.67. The van der Waals surface area contributed by atoms with Gasteiger partial charge in [0.2, 0.25) is 11.2 Å². The maximum atomic E-state index is 13.7. The Morgan fingerprint density at radius 3 is 2.25 bits per heavy atom. The molecule has 2 saturated heterocycles. The number of aliphatic carboxylic acids is 1. The van der Waals surface area contributed by atoms with E-state index < -0.39 is 17.7 Å². The lowest BCUT2D eigenvalue weighted by molar-refractivity contribution is -0.155. The number of methoxy groups -OCH3 is 1. The van der Waals surface area contributed by atoms with Gasteiger partial charge in [-0.3, -0.25) is 14.4 Å². The van der Waals surface area contributed by atoms with Crippen LogP contribution in [0.3, 0.4) is 0 Å². The van der Waals surface area contributed by atoms with E-state index in [1.165, 1.54) is 31.4 Å². The summed E-state index contributed by atoms with van der Waals surface area (Å²) in [5.74, 6) is -1.06. The molecule has 5 aromatic rings. The highest BCUT2D eigenvalue weighted by Crippen LogP contribution is 2.42. The maximum absolute atomic E-state index is 13.7. The minimum atomic E-state index is -2.28. The molecule has 1 aromatic heterocycles. The van der Waals surface area contributed by atoms with Gasteiger partial charge in [0.1, 0.15) is 17.2 Å². The number of carbonyl (C=O) groups is 3. The van der Waals surface area contributed by atoms with Crippen LogP contribution in [0.2, 0.25) is 0 Å². The summed E-state index contributed by atoms with van der Waals surface area (Å²) in [6.07, 6.45) is 2.33. The van der Waals surface area contributed by atoms with Crippen LogP contribution < -0.4 is 20.3 Å². The van der Waals surface area contributed by atoms with Gasteiger partial charge in [-0.2, -0.15) is 0 Å². The molecule has 14 heteroatoms. The molecular weight excluding hydrogens is 757 g/mol. The van der Waals surface area contributed by atoms with Crippen molar-refractivity contribution < 1.29 is 44.3 Å². The maximum Gasteiger partial charge on any atom is 0.345 e. The average Bonchev–Trinajstić information content (AvgIpc) is 3.26. The zero-order valence-corrected chi connectivity index (χ0v) is 32.7. The third-order valence-corrected chi connectivity index (χ3v) is 11.8. The van der Waals surface area contributed by atoms with Crippen LogP contribution in [0.1, 0.15) is 64.4 Å². The normalized spacial score (nSPS) is 16.7. The van der Waals surface area contributed by atoms with Gasteiger partial charge in [0.15, 0.2) is 6.61 Å². The molecule has 308 valence electrons. The van der Waals surface area contributed by atoms with Gasteiger partial charge in [0.05, 0.1) is 24.3 Å². The number of aromatic hydroxyl groups is 1. The molecule has 1 spiro atoms. The Kier molecular flexibility index (Phi) is 12.0. The van der Waals surface area contributed by atoms with Crippen LogP contribution in [0.25, 0.3) is 10.9 Å². The smallest absolute Gasteiger partial charge is 0.345 e. The lowest BCUT2D eigenvalue weighted by Gasteiger charge is -2.46. The highest BCUT2D eigenvalue weighted by atomic mass is 16.5. The zero-order valence-electron chi connectivity index (χ0n) is 32.7. The van der Waals surface area contributed by atoms with E-state index in [0.717, 1.165) is 31.2 Å². The van der Waals surface area contributed by atoms with Gasteiger partial charge in [-0.05, 0) is 84.2 Å². The summed E-state index contributed by atoms with van der Waals surface area (Å²) in [5, 5.41) is 46.0. The van der Waals surface area contributed by atoms with E-state index in [-0.39, 0.29) is 64.1 Å². The molecule has 3 heterocycles. The highest BCUT2D eigenvalue weighted by molar-refractivity contribution is 5.97. The number of amides is 2. The Bertz CT molecular complexity index is 2380. The molecule has 14 nitrogen and oxygen atoms in total. The number of fused-ring (bicyclic) bond motifs is 1. The third-order valence-electron chi connectivity index (χ3n) is 11.8. The number of nitrogens with one attached hydrogen (secondary N) is 2. The number of pyridine rings is 1. The highest BCUT2D eigenvalue weighted by Gasteiger charge is 2.41. The van der Waals surface area contributed by atoms with E-state index in [0.29, 0.717) is 55.0 Å². The number of nitrogens with zero attached hydrogens (tertiary/aromatic N) is 2. The van der Waals surface area contributed by atoms with E-state index >= 15 is 0 Å². The monoisotopic (exact) mass is 804 g/mol. The Labute approximate surface area is 340 Å². The average molecular weight is 805 g/mol. The second-order valence-corrected chi connectivity index (χ2v) is 15.3. The van der Waals surface area contributed by atoms with E-state index in [4.69, 9.17) is 9.47 Å². The molecule has 0 saturated carbocycles.